The summed E-state index contributed by atoms with van der Waals surface area (Å²) in [4.78, 5) is 12.0. The molecule has 3 aromatic rings. The average Bonchev–Trinajstić information content (AvgIpc) is 3.09. The molecule has 5 heteroatoms. The average molecular weight is 451 g/mol. The van der Waals surface area contributed by atoms with Crippen molar-refractivity contribution in [2.24, 2.45) is 0 Å². The SMILES string of the molecule is CCc1oc(CC(=O)OC)c(CO[Si](c2ccccc2)(c2ccccc2)C(C)(C)C)c1C. The second kappa shape index (κ2) is 9.88. The molecule has 170 valence electrons. The summed E-state index contributed by atoms with van der Waals surface area (Å²) in [5, 5.41) is 2.33. The van der Waals surface area contributed by atoms with Crippen LogP contribution in [0.25, 0.3) is 0 Å². The van der Waals surface area contributed by atoms with Gasteiger partial charge in [-0.2, -0.15) is 0 Å². The highest BCUT2D eigenvalue weighted by Gasteiger charge is 2.50. The van der Waals surface area contributed by atoms with Gasteiger partial charge in [-0.3, -0.25) is 4.79 Å². The van der Waals surface area contributed by atoms with Gasteiger partial charge in [-0.15, -0.1) is 0 Å². The molecular formula is C27H34O4Si. The van der Waals surface area contributed by atoms with Crippen LogP contribution >= 0.6 is 0 Å². The van der Waals surface area contributed by atoms with Gasteiger partial charge in [0.25, 0.3) is 8.32 Å². The number of carbonyl (C=O) groups is 1. The Labute approximate surface area is 192 Å². The fourth-order valence-electron chi connectivity index (χ4n) is 4.48. The molecule has 0 spiro atoms. The van der Waals surface area contributed by atoms with Gasteiger partial charge < -0.3 is 13.6 Å². The van der Waals surface area contributed by atoms with Gasteiger partial charge in [0, 0.05) is 12.0 Å². The molecule has 0 fully saturated rings. The van der Waals surface area contributed by atoms with E-state index in [1.807, 2.05) is 19.1 Å². The van der Waals surface area contributed by atoms with Crippen LogP contribution < -0.4 is 10.4 Å². The molecule has 0 saturated carbocycles. The van der Waals surface area contributed by atoms with Crippen molar-refractivity contribution in [3.8, 4) is 0 Å². The quantitative estimate of drug-likeness (QED) is 0.360. The minimum atomic E-state index is -2.68. The van der Waals surface area contributed by atoms with E-state index in [9.17, 15) is 4.79 Å². The van der Waals surface area contributed by atoms with E-state index in [4.69, 9.17) is 13.6 Å². The lowest BCUT2D eigenvalue weighted by Gasteiger charge is -2.43. The molecule has 1 heterocycles. The third kappa shape index (κ3) is 4.59. The lowest BCUT2D eigenvalue weighted by atomic mass is 10.1. The Balaban J connectivity index is 2.12. The van der Waals surface area contributed by atoms with Crippen LogP contribution in [0.1, 0.15) is 50.3 Å². The van der Waals surface area contributed by atoms with E-state index in [0.29, 0.717) is 12.4 Å². The summed E-state index contributed by atoms with van der Waals surface area (Å²) in [7, 11) is -1.28. The highest BCUT2D eigenvalue weighted by molar-refractivity contribution is 6.99. The van der Waals surface area contributed by atoms with Crippen LogP contribution in [-0.2, 0) is 33.4 Å². The molecule has 0 bridgehead atoms. The molecule has 0 N–H and O–H groups in total. The first-order chi connectivity index (χ1) is 15.2. The van der Waals surface area contributed by atoms with Crippen molar-refractivity contribution in [3.63, 3.8) is 0 Å². The highest BCUT2D eigenvalue weighted by Crippen LogP contribution is 2.38. The molecule has 0 amide bonds. The van der Waals surface area contributed by atoms with Crippen molar-refractivity contribution < 1.29 is 18.4 Å². The molecule has 0 atom stereocenters. The van der Waals surface area contributed by atoms with Gasteiger partial charge in [-0.1, -0.05) is 88.4 Å². The number of esters is 1. The Morgan fingerprint density at radius 2 is 1.47 bits per heavy atom. The lowest BCUT2D eigenvalue weighted by Crippen LogP contribution is -2.66. The lowest BCUT2D eigenvalue weighted by molar-refractivity contribution is -0.140. The van der Waals surface area contributed by atoms with Crippen molar-refractivity contribution in [1.82, 2.24) is 0 Å². The highest BCUT2D eigenvalue weighted by atomic mass is 28.4. The van der Waals surface area contributed by atoms with E-state index in [1.54, 1.807) is 0 Å². The maximum Gasteiger partial charge on any atom is 0.313 e. The van der Waals surface area contributed by atoms with Gasteiger partial charge >= 0.3 is 5.97 Å². The van der Waals surface area contributed by atoms with Gasteiger partial charge in [-0.25, -0.2) is 0 Å². The predicted octanol–water partition coefficient (Wildman–Crippen LogP) is 4.94. The van der Waals surface area contributed by atoms with Crippen LogP contribution in [0.15, 0.2) is 65.1 Å². The Hall–Kier alpha value is -2.63. The van der Waals surface area contributed by atoms with Crippen molar-refractivity contribution in [1.29, 1.82) is 0 Å². The van der Waals surface area contributed by atoms with Gasteiger partial charge in [0.15, 0.2) is 0 Å². The number of carbonyl (C=O) groups excluding carboxylic acids is 1. The number of ether oxygens (including phenoxy) is 1. The number of furan rings is 1. The number of benzene rings is 2. The Morgan fingerprint density at radius 1 is 0.938 bits per heavy atom. The first-order valence-corrected chi connectivity index (χ1v) is 13.1. The zero-order valence-electron chi connectivity index (χ0n) is 20.0. The monoisotopic (exact) mass is 450 g/mol. The number of hydrogen-bond acceptors (Lipinski definition) is 4. The first kappa shape index (κ1) is 24.0. The smallest absolute Gasteiger partial charge is 0.313 e. The standard InChI is InChI=1S/C27H34O4Si/c1-7-24-20(2)23(25(31-24)18-26(28)29-6)19-30-32(27(3,4)5,21-14-10-8-11-15-21)22-16-12-9-13-17-22/h8-17H,7,18-19H2,1-6H3. The molecule has 0 unspecified atom stereocenters. The second-order valence-electron chi connectivity index (χ2n) is 9.11. The molecule has 0 radical (unpaired) electrons. The largest absolute Gasteiger partial charge is 0.469 e. The number of aryl methyl sites for hydroxylation is 1. The van der Waals surface area contributed by atoms with Crippen LogP contribution in [0.5, 0.6) is 0 Å². The maximum atomic E-state index is 12.0. The van der Waals surface area contributed by atoms with E-state index >= 15 is 0 Å². The van der Waals surface area contributed by atoms with Crippen molar-refractivity contribution >= 4 is 24.7 Å². The second-order valence-corrected chi connectivity index (χ2v) is 13.4. The molecule has 3 rings (SSSR count). The molecule has 1 aromatic heterocycles. The summed E-state index contributed by atoms with van der Waals surface area (Å²) in [6.45, 7) is 11.3. The summed E-state index contributed by atoms with van der Waals surface area (Å²) >= 11 is 0. The molecular weight excluding hydrogens is 416 g/mol. The van der Waals surface area contributed by atoms with Crippen molar-refractivity contribution in [2.45, 2.75) is 59.1 Å². The van der Waals surface area contributed by atoms with Gasteiger partial charge in [0.1, 0.15) is 17.9 Å². The van der Waals surface area contributed by atoms with E-state index in [0.717, 1.165) is 23.3 Å². The van der Waals surface area contributed by atoms with Gasteiger partial charge in [0.05, 0.1) is 13.7 Å². The van der Waals surface area contributed by atoms with Crippen LogP contribution in [0.3, 0.4) is 0 Å². The summed E-state index contributed by atoms with van der Waals surface area (Å²) in [5.74, 6) is 1.22. The van der Waals surface area contributed by atoms with Crippen molar-refractivity contribution in [3.05, 3.63) is 83.3 Å². The zero-order chi connectivity index (χ0) is 23.4. The third-order valence-electron chi connectivity index (χ3n) is 6.16. The Bertz CT molecular complexity index is 993. The normalized spacial score (nSPS) is 12.1. The minimum absolute atomic E-state index is 0.108. The fraction of sp³-hybridized carbons (Fsp3) is 0.370. The van der Waals surface area contributed by atoms with Crippen LogP contribution in [-0.4, -0.2) is 21.4 Å². The molecule has 0 aliphatic carbocycles. The topological polar surface area (TPSA) is 48.7 Å². The van der Waals surface area contributed by atoms with E-state index in [-0.39, 0.29) is 17.4 Å². The number of rotatable bonds is 8. The molecule has 0 saturated heterocycles. The molecule has 0 aliphatic heterocycles. The summed E-state index contributed by atoms with van der Waals surface area (Å²) < 4.78 is 18.0. The maximum absolute atomic E-state index is 12.0. The van der Waals surface area contributed by atoms with Crippen molar-refractivity contribution in [2.75, 3.05) is 7.11 Å². The number of hydrogen-bond donors (Lipinski definition) is 0. The number of methoxy groups -OCH3 is 1. The molecule has 2 aromatic carbocycles. The summed E-state index contributed by atoms with van der Waals surface area (Å²) in [6.07, 6.45) is 0.871. The Morgan fingerprint density at radius 3 is 1.91 bits per heavy atom. The minimum Gasteiger partial charge on any atom is -0.469 e. The molecule has 4 nitrogen and oxygen atoms in total. The van der Waals surface area contributed by atoms with Crippen LogP contribution in [0, 0.1) is 6.92 Å². The molecule has 32 heavy (non-hydrogen) atoms. The van der Waals surface area contributed by atoms with E-state index in [2.05, 4.69) is 76.2 Å². The molecule has 0 aliphatic rings. The van der Waals surface area contributed by atoms with Crippen LogP contribution in [0.2, 0.25) is 5.04 Å². The first-order valence-electron chi connectivity index (χ1n) is 11.2. The summed E-state index contributed by atoms with van der Waals surface area (Å²) in [5.41, 5.74) is 2.02. The van der Waals surface area contributed by atoms with E-state index < -0.39 is 8.32 Å². The third-order valence-corrected chi connectivity index (χ3v) is 11.1. The van der Waals surface area contributed by atoms with E-state index in [1.165, 1.54) is 17.5 Å². The Kier molecular flexibility index (Phi) is 7.42. The van der Waals surface area contributed by atoms with Crippen LogP contribution in [0.4, 0.5) is 0 Å². The van der Waals surface area contributed by atoms with Gasteiger partial charge in [-0.05, 0) is 27.9 Å². The van der Waals surface area contributed by atoms with Gasteiger partial charge in [0.2, 0.25) is 0 Å². The predicted molar refractivity (Wildman–Crippen MR) is 131 cm³/mol. The zero-order valence-corrected chi connectivity index (χ0v) is 21.0. The summed E-state index contributed by atoms with van der Waals surface area (Å²) in [6, 6.07) is 21.1. The fourth-order valence-corrected chi connectivity index (χ4v) is 8.99.